The van der Waals surface area contributed by atoms with Crippen molar-refractivity contribution < 1.29 is 9.53 Å². The van der Waals surface area contributed by atoms with Gasteiger partial charge in [-0.3, -0.25) is 4.79 Å². The molecule has 0 fully saturated rings. The predicted molar refractivity (Wildman–Crippen MR) is 78.3 cm³/mol. The fourth-order valence-electron chi connectivity index (χ4n) is 1.69. The van der Waals surface area contributed by atoms with Gasteiger partial charge in [-0.05, 0) is 17.7 Å². The maximum Gasteiger partial charge on any atom is 0.251 e. The van der Waals surface area contributed by atoms with E-state index in [4.69, 9.17) is 27.9 Å². The standard InChI is InChI=1S/C13H13Cl2N3O2/c1-20-8-13(19)17-12-4-5-16-18(12)7-9-2-3-10(14)6-11(9)15/h2-6H,7-8H2,1H3,(H,17,19). The number of methoxy groups -OCH3 is 1. The van der Waals surface area contributed by atoms with Gasteiger partial charge in [-0.2, -0.15) is 5.10 Å². The molecule has 0 atom stereocenters. The molecule has 2 rings (SSSR count). The second kappa shape index (κ2) is 6.74. The van der Waals surface area contributed by atoms with E-state index < -0.39 is 0 Å². The summed E-state index contributed by atoms with van der Waals surface area (Å²) >= 11 is 12.0. The molecule has 0 saturated carbocycles. The summed E-state index contributed by atoms with van der Waals surface area (Å²) in [7, 11) is 1.46. The minimum Gasteiger partial charge on any atom is -0.375 e. The van der Waals surface area contributed by atoms with E-state index in [1.165, 1.54) is 7.11 Å². The van der Waals surface area contributed by atoms with Crippen molar-refractivity contribution in [1.82, 2.24) is 9.78 Å². The first kappa shape index (κ1) is 14.8. The van der Waals surface area contributed by atoms with Crippen LogP contribution in [0.3, 0.4) is 0 Å². The smallest absolute Gasteiger partial charge is 0.251 e. The number of aromatic nitrogens is 2. The zero-order valence-electron chi connectivity index (χ0n) is 10.8. The number of nitrogens with one attached hydrogen (secondary N) is 1. The number of halogens is 2. The van der Waals surface area contributed by atoms with Gasteiger partial charge in [0.25, 0.3) is 5.91 Å². The molecular weight excluding hydrogens is 301 g/mol. The number of carbonyl (C=O) groups is 1. The molecule has 0 radical (unpaired) electrons. The zero-order valence-corrected chi connectivity index (χ0v) is 12.3. The number of nitrogens with zero attached hydrogens (tertiary/aromatic N) is 2. The fourth-order valence-corrected chi connectivity index (χ4v) is 2.15. The quantitative estimate of drug-likeness (QED) is 0.923. The molecule has 1 N–H and O–H groups in total. The second-order valence-electron chi connectivity index (χ2n) is 4.09. The number of rotatable bonds is 5. The van der Waals surface area contributed by atoms with Gasteiger partial charge in [0.05, 0.1) is 12.7 Å². The van der Waals surface area contributed by atoms with Crippen molar-refractivity contribution in [3.8, 4) is 0 Å². The molecule has 5 nitrogen and oxygen atoms in total. The topological polar surface area (TPSA) is 56.1 Å². The van der Waals surface area contributed by atoms with Crippen LogP contribution in [-0.2, 0) is 16.1 Å². The summed E-state index contributed by atoms with van der Waals surface area (Å²) in [5.41, 5.74) is 0.863. The van der Waals surface area contributed by atoms with E-state index in [-0.39, 0.29) is 12.5 Å². The van der Waals surface area contributed by atoms with E-state index in [0.717, 1.165) is 5.56 Å². The number of ether oxygens (including phenoxy) is 1. The summed E-state index contributed by atoms with van der Waals surface area (Å²) in [6.45, 7) is 0.429. The Morgan fingerprint density at radius 3 is 2.90 bits per heavy atom. The van der Waals surface area contributed by atoms with Crippen molar-refractivity contribution in [2.45, 2.75) is 6.54 Å². The summed E-state index contributed by atoms with van der Waals surface area (Å²) in [5, 5.41) is 8.00. The monoisotopic (exact) mass is 313 g/mol. The summed E-state index contributed by atoms with van der Waals surface area (Å²) in [6, 6.07) is 6.96. The van der Waals surface area contributed by atoms with Crippen molar-refractivity contribution in [3.63, 3.8) is 0 Å². The van der Waals surface area contributed by atoms with Crippen LogP contribution in [0.25, 0.3) is 0 Å². The van der Waals surface area contributed by atoms with Crippen molar-refractivity contribution in [1.29, 1.82) is 0 Å². The van der Waals surface area contributed by atoms with Crippen LogP contribution < -0.4 is 5.32 Å². The average molecular weight is 314 g/mol. The molecule has 0 aliphatic rings. The number of carbonyl (C=O) groups excluding carboxylic acids is 1. The van der Waals surface area contributed by atoms with E-state index in [1.807, 2.05) is 6.07 Å². The lowest BCUT2D eigenvalue weighted by molar-refractivity contribution is -0.119. The molecule has 1 aromatic carbocycles. The molecule has 0 saturated heterocycles. The van der Waals surface area contributed by atoms with E-state index in [0.29, 0.717) is 22.4 Å². The van der Waals surface area contributed by atoms with Gasteiger partial charge in [0.2, 0.25) is 0 Å². The third-order valence-electron chi connectivity index (χ3n) is 2.59. The molecule has 0 aliphatic carbocycles. The maximum absolute atomic E-state index is 11.5. The van der Waals surface area contributed by atoms with Gasteiger partial charge < -0.3 is 10.1 Å². The van der Waals surface area contributed by atoms with Gasteiger partial charge >= 0.3 is 0 Å². The average Bonchev–Trinajstić information content (AvgIpc) is 2.80. The number of hydrogen-bond donors (Lipinski definition) is 1. The molecule has 1 aromatic heterocycles. The summed E-state index contributed by atoms with van der Waals surface area (Å²) in [5.74, 6) is 0.342. The Balaban J connectivity index is 2.14. The van der Waals surface area contributed by atoms with Crippen LogP contribution in [0.5, 0.6) is 0 Å². The highest BCUT2D eigenvalue weighted by Gasteiger charge is 2.09. The first-order valence-corrected chi connectivity index (χ1v) is 6.60. The van der Waals surface area contributed by atoms with Crippen LogP contribution in [0.2, 0.25) is 10.0 Å². The van der Waals surface area contributed by atoms with Crippen molar-refractivity contribution in [3.05, 3.63) is 46.1 Å². The Labute approximate surface area is 126 Å². The van der Waals surface area contributed by atoms with Crippen molar-refractivity contribution in [2.24, 2.45) is 0 Å². The molecular formula is C13H13Cl2N3O2. The van der Waals surface area contributed by atoms with Gasteiger partial charge in [0, 0.05) is 23.2 Å². The highest BCUT2D eigenvalue weighted by molar-refractivity contribution is 6.35. The lowest BCUT2D eigenvalue weighted by Crippen LogP contribution is -2.20. The molecule has 0 bridgehead atoms. The predicted octanol–water partition coefficient (Wildman–Crippen LogP) is 2.82. The molecule has 0 aliphatic heterocycles. The molecule has 1 heterocycles. The van der Waals surface area contributed by atoms with Crippen LogP contribution in [0, 0.1) is 0 Å². The number of anilines is 1. The highest BCUT2D eigenvalue weighted by Crippen LogP contribution is 2.22. The van der Waals surface area contributed by atoms with Gasteiger partial charge in [-0.25, -0.2) is 4.68 Å². The molecule has 2 aromatic rings. The van der Waals surface area contributed by atoms with E-state index in [9.17, 15) is 4.79 Å². The van der Waals surface area contributed by atoms with Crippen LogP contribution in [-0.4, -0.2) is 29.4 Å². The summed E-state index contributed by atoms with van der Waals surface area (Å²) in [4.78, 5) is 11.5. The van der Waals surface area contributed by atoms with Gasteiger partial charge in [-0.15, -0.1) is 0 Å². The molecule has 1 amide bonds. The molecule has 20 heavy (non-hydrogen) atoms. The van der Waals surface area contributed by atoms with Crippen molar-refractivity contribution >= 4 is 34.9 Å². The number of benzene rings is 1. The number of hydrogen-bond acceptors (Lipinski definition) is 3. The van der Waals surface area contributed by atoms with Crippen LogP contribution in [0.1, 0.15) is 5.56 Å². The Morgan fingerprint density at radius 2 is 2.20 bits per heavy atom. The minimum absolute atomic E-state index is 0.00706. The van der Waals surface area contributed by atoms with Gasteiger partial charge in [0.15, 0.2) is 0 Å². The Hall–Kier alpha value is -1.56. The lowest BCUT2D eigenvalue weighted by atomic mass is 10.2. The highest BCUT2D eigenvalue weighted by atomic mass is 35.5. The lowest BCUT2D eigenvalue weighted by Gasteiger charge is -2.10. The molecule has 7 heteroatoms. The van der Waals surface area contributed by atoms with E-state index >= 15 is 0 Å². The van der Waals surface area contributed by atoms with Crippen LogP contribution in [0.4, 0.5) is 5.82 Å². The molecule has 0 spiro atoms. The van der Waals surface area contributed by atoms with Crippen molar-refractivity contribution in [2.75, 3.05) is 19.0 Å². The molecule has 106 valence electrons. The van der Waals surface area contributed by atoms with E-state index in [2.05, 4.69) is 10.4 Å². The third kappa shape index (κ3) is 3.72. The SMILES string of the molecule is COCC(=O)Nc1ccnn1Cc1ccc(Cl)cc1Cl. The first-order chi connectivity index (χ1) is 9.60. The van der Waals surface area contributed by atoms with Crippen LogP contribution >= 0.6 is 23.2 Å². The molecule has 0 unspecified atom stereocenters. The van der Waals surface area contributed by atoms with E-state index in [1.54, 1.807) is 29.1 Å². The largest absolute Gasteiger partial charge is 0.375 e. The van der Waals surface area contributed by atoms with Crippen LogP contribution in [0.15, 0.2) is 30.5 Å². The third-order valence-corrected chi connectivity index (χ3v) is 3.18. The normalized spacial score (nSPS) is 10.6. The Kier molecular flexibility index (Phi) is 5.00. The minimum atomic E-state index is -0.239. The maximum atomic E-state index is 11.5. The zero-order chi connectivity index (χ0) is 14.5. The summed E-state index contributed by atoms with van der Waals surface area (Å²) in [6.07, 6.45) is 1.60. The first-order valence-electron chi connectivity index (χ1n) is 5.84. The Morgan fingerprint density at radius 1 is 1.40 bits per heavy atom. The second-order valence-corrected chi connectivity index (χ2v) is 4.93. The Bertz CT molecular complexity index is 613. The summed E-state index contributed by atoms with van der Waals surface area (Å²) < 4.78 is 6.41. The number of amides is 1. The van der Waals surface area contributed by atoms with Gasteiger partial charge in [-0.1, -0.05) is 29.3 Å². The van der Waals surface area contributed by atoms with Gasteiger partial charge in [0.1, 0.15) is 12.4 Å². The fraction of sp³-hybridized carbons (Fsp3) is 0.231.